The molecule has 3 rings (SSSR count). The highest BCUT2D eigenvalue weighted by Gasteiger charge is 2.23. The van der Waals surface area contributed by atoms with Crippen molar-refractivity contribution in [2.24, 2.45) is 5.92 Å². The second-order valence-corrected chi connectivity index (χ2v) is 8.20. The zero-order valence-electron chi connectivity index (χ0n) is 16.7. The van der Waals surface area contributed by atoms with Crippen LogP contribution in [0.3, 0.4) is 0 Å². The lowest BCUT2D eigenvalue weighted by molar-refractivity contribution is 0.0696. The highest BCUT2D eigenvalue weighted by atomic mass is 35.5. The summed E-state index contributed by atoms with van der Waals surface area (Å²) < 4.78 is 6.16. The Labute approximate surface area is 176 Å². The van der Waals surface area contributed by atoms with Crippen LogP contribution in [0, 0.1) is 5.92 Å². The molecule has 0 heterocycles. The minimum Gasteiger partial charge on any atom is -0.490 e. The van der Waals surface area contributed by atoms with E-state index in [1.165, 1.54) is 12.1 Å². The average Bonchev–Trinajstić information content (AvgIpc) is 2.71. The normalized spacial score (nSPS) is 20.0. The molecule has 0 saturated heterocycles. The van der Waals surface area contributed by atoms with Crippen molar-refractivity contribution in [1.29, 1.82) is 0 Å². The Morgan fingerprint density at radius 1 is 1.10 bits per heavy atom. The summed E-state index contributed by atoms with van der Waals surface area (Å²) in [6.45, 7) is 4.10. The van der Waals surface area contributed by atoms with Crippen LogP contribution >= 0.6 is 11.6 Å². The maximum Gasteiger partial charge on any atom is 0.335 e. The van der Waals surface area contributed by atoms with Gasteiger partial charge in [0.1, 0.15) is 5.75 Å². The number of carboxylic acids is 1. The molecule has 1 amide bonds. The minimum atomic E-state index is -0.980. The first kappa shape index (κ1) is 21.2. The fraction of sp³-hybridized carbons (Fsp3) is 0.391. The first-order valence-electron chi connectivity index (χ1n) is 9.94. The first-order valence-corrected chi connectivity index (χ1v) is 10.3. The molecule has 1 fully saturated rings. The van der Waals surface area contributed by atoms with Crippen LogP contribution in [0.15, 0.2) is 42.5 Å². The lowest BCUT2D eigenvalue weighted by Crippen LogP contribution is -2.28. The Hall–Kier alpha value is -2.53. The molecule has 1 saturated carbocycles. The lowest BCUT2D eigenvalue weighted by atomic mass is 9.89. The van der Waals surface area contributed by atoms with E-state index >= 15 is 0 Å². The van der Waals surface area contributed by atoms with E-state index in [4.69, 9.17) is 21.4 Å². The molecule has 1 aliphatic rings. The van der Waals surface area contributed by atoms with Crippen molar-refractivity contribution in [3.63, 3.8) is 0 Å². The van der Waals surface area contributed by atoms with Crippen molar-refractivity contribution in [1.82, 2.24) is 5.32 Å². The van der Waals surface area contributed by atoms with Crippen LogP contribution in [0.5, 0.6) is 5.75 Å². The summed E-state index contributed by atoms with van der Waals surface area (Å²) in [7, 11) is 0. The third-order valence-electron chi connectivity index (χ3n) is 5.45. The van der Waals surface area contributed by atoms with E-state index in [2.05, 4.69) is 12.2 Å². The molecule has 1 aliphatic carbocycles. The molecule has 0 bridgehead atoms. The topological polar surface area (TPSA) is 75.6 Å². The summed E-state index contributed by atoms with van der Waals surface area (Å²) in [6.07, 6.45) is 4.33. The molecule has 0 spiro atoms. The maximum atomic E-state index is 12.9. The molecular formula is C23H26ClNO4. The SMILES string of the molecule is CC1CCC(Oc2ccc(Cl)cc2C(=O)NC(C)c2ccc(C(=O)O)cc2)CC1. The predicted molar refractivity (Wildman–Crippen MR) is 113 cm³/mol. The van der Waals surface area contributed by atoms with Gasteiger partial charge in [0.05, 0.1) is 23.3 Å². The quantitative estimate of drug-likeness (QED) is 0.654. The van der Waals surface area contributed by atoms with Gasteiger partial charge in [0, 0.05) is 5.02 Å². The molecule has 6 heteroatoms. The maximum absolute atomic E-state index is 12.9. The van der Waals surface area contributed by atoms with Gasteiger partial charge in [0.25, 0.3) is 5.91 Å². The Bertz CT molecular complexity index is 873. The van der Waals surface area contributed by atoms with Crippen LogP contribution in [-0.2, 0) is 0 Å². The number of halogens is 1. The summed E-state index contributed by atoms with van der Waals surface area (Å²) in [5, 5.41) is 12.4. The Morgan fingerprint density at radius 3 is 2.38 bits per heavy atom. The molecule has 2 aromatic carbocycles. The standard InChI is InChI=1S/C23H26ClNO4/c1-14-3-10-19(11-4-14)29-21-12-9-18(24)13-20(21)22(26)25-15(2)16-5-7-17(8-6-16)23(27)28/h5-9,12-15,19H,3-4,10-11H2,1-2H3,(H,25,26)(H,27,28). The second-order valence-electron chi connectivity index (χ2n) is 7.76. The smallest absolute Gasteiger partial charge is 0.335 e. The molecule has 0 aromatic heterocycles. The van der Waals surface area contributed by atoms with E-state index in [9.17, 15) is 9.59 Å². The van der Waals surface area contributed by atoms with Crippen molar-refractivity contribution in [2.75, 3.05) is 0 Å². The van der Waals surface area contributed by atoms with Crippen molar-refractivity contribution in [3.05, 3.63) is 64.2 Å². The summed E-state index contributed by atoms with van der Waals surface area (Å²) in [4.78, 5) is 23.9. The van der Waals surface area contributed by atoms with E-state index in [1.807, 2.05) is 6.92 Å². The zero-order valence-corrected chi connectivity index (χ0v) is 17.4. The monoisotopic (exact) mass is 415 g/mol. The number of carboxylic acid groups (broad SMARTS) is 1. The predicted octanol–water partition coefficient (Wildman–Crippen LogP) is 5.49. The van der Waals surface area contributed by atoms with Crippen LogP contribution in [0.2, 0.25) is 5.02 Å². The van der Waals surface area contributed by atoms with Gasteiger partial charge in [0.15, 0.2) is 0 Å². The van der Waals surface area contributed by atoms with E-state index in [0.29, 0.717) is 16.3 Å². The number of aromatic carboxylic acids is 1. The van der Waals surface area contributed by atoms with Crippen LogP contribution in [0.1, 0.15) is 71.9 Å². The first-order chi connectivity index (χ1) is 13.8. The number of rotatable bonds is 6. The van der Waals surface area contributed by atoms with Gasteiger partial charge in [-0.1, -0.05) is 30.7 Å². The molecule has 29 heavy (non-hydrogen) atoms. The van der Waals surface area contributed by atoms with Crippen LogP contribution < -0.4 is 10.1 Å². The Morgan fingerprint density at radius 2 is 1.76 bits per heavy atom. The van der Waals surface area contributed by atoms with Gasteiger partial charge in [-0.15, -0.1) is 0 Å². The molecule has 0 radical (unpaired) electrons. The number of carbonyl (C=O) groups excluding carboxylic acids is 1. The number of amides is 1. The minimum absolute atomic E-state index is 0.111. The lowest BCUT2D eigenvalue weighted by Gasteiger charge is -2.27. The number of benzene rings is 2. The zero-order chi connectivity index (χ0) is 21.0. The van der Waals surface area contributed by atoms with Crippen LogP contribution in [0.4, 0.5) is 0 Å². The fourth-order valence-electron chi connectivity index (χ4n) is 3.58. The van der Waals surface area contributed by atoms with Gasteiger partial charge in [-0.05, 0) is 74.4 Å². The molecule has 0 aliphatic heterocycles. The van der Waals surface area contributed by atoms with E-state index in [1.54, 1.807) is 30.3 Å². The molecule has 2 N–H and O–H groups in total. The van der Waals surface area contributed by atoms with Gasteiger partial charge < -0.3 is 15.2 Å². The number of nitrogens with one attached hydrogen (secondary N) is 1. The third kappa shape index (κ3) is 5.51. The Balaban J connectivity index is 1.72. The number of carbonyl (C=O) groups is 2. The fourth-order valence-corrected chi connectivity index (χ4v) is 3.75. The molecule has 154 valence electrons. The van der Waals surface area contributed by atoms with Gasteiger partial charge in [-0.2, -0.15) is 0 Å². The molecule has 5 nitrogen and oxygen atoms in total. The highest BCUT2D eigenvalue weighted by Crippen LogP contribution is 2.30. The second kappa shape index (κ2) is 9.31. The number of hydrogen-bond donors (Lipinski definition) is 2. The van der Waals surface area contributed by atoms with Crippen molar-refractivity contribution in [2.45, 2.75) is 51.7 Å². The molecule has 2 aromatic rings. The summed E-state index contributed by atoms with van der Waals surface area (Å²) in [5.74, 6) is 0.00336. The van der Waals surface area contributed by atoms with E-state index < -0.39 is 5.97 Å². The van der Waals surface area contributed by atoms with Crippen molar-refractivity contribution >= 4 is 23.5 Å². The van der Waals surface area contributed by atoms with Gasteiger partial charge in [0.2, 0.25) is 0 Å². The van der Waals surface area contributed by atoms with Crippen molar-refractivity contribution < 1.29 is 19.4 Å². The van der Waals surface area contributed by atoms with E-state index in [-0.39, 0.29) is 23.6 Å². The van der Waals surface area contributed by atoms with Crippen LogP contribution in [0.25, 0.3) is 0 Å². The van der Waals surface area contributed by atoms with E-state index in [0.717, 1.165) is 37.2 Å². The Kier molecular flexibility index (Phi) is 6.80. The largest absolute Gasteiger partial charge is 0.490 e. The van der Waals surface area contributed by atoms with Gasteiger partial charge in [-0.3, -0.25) is 4.79 Å². The summed E-state index contributed by atoms with van der Waals surface area (Å²) in [6, 6.07) is 11.3. The summed E-state index contributed by atoms with van der Waals surface area (Å²) in [5.41, 5.74) is 1.43. The van der Waals surface area contributed by atoms with Crippen molar-refractivity contribution in [3.8, 4) is 5.75 Å². The number of ether oxygens (including phenoxy) is 1. The number of hydrogen-bond acceptors (Lipinski definition) is 3. The summed E-state index contributed by atoms with van der Waals surface area (Å²) >= 11 is 6.13. The van der Waals surface area contributed by atoms with Crippen LogP contribution in [-0.4, -0.2) is 23.1 Å². The van der Waals surface area contributed by atoms with Gasteiger partial charge >= 0.3 is 5.97 Å². The van der Waals surface area contributed by atoms with Gasteiger partial charge in [-0.25, -0.2) is 4.79 Å². The highest BCUT2D eigenvalue weighted by molar-refractivity contribution is 6.31. The third-order valence-corrected chi connectivity index (χ3v) is 5.68. The molecular weight excluding hydrogens is 390 g/mol. The molecule has 1 unspecified atom stereocenters. The molecule has 1 atom stereocenters. The average molecular weight is 416 g/mol.